The number of methoxy groups -OCH3 is 1. The molecule has 31 heavy (non-hydrogen) atoms. The van der Waals surface area contributed by atoms with Gasteiger partial charge in [0, 0.05) is 12.5 Å². The monoisotopic (exact) mass is 413 g/mol. The Hall–Kier alpha value is -3.86. The van der Waals surface area contributed by atoms with Crippen molar-refractivity contribution in [3.8, 4) is 11.1 Å². The van der Waals surface area contributed by atoms with Crippen LogP contribution < -0.4 is 5.32 Å². The highest BCUT2D eigenvalue weighted by Crippen LogP contribution is 2.44. The summed E-state index contributed by atoms with van der Waals surface area (Å²) in [4.78, 5) is 23.6. The number of ether oxygens (including phenoxy) is 2. The average Bonchev–Trinajstić information content (AvgIpc) is 3.14. The summed E-state index contributed by atoms with van der Waals surface area (Å²) in [5.74, 6) is -0.325. The summed E-state index contributed by atoms with van der Waals surface area (Å²) < 4.78 is 10.2. The fourth-order valence-corrected chi connectivity index (χ4v) is 3.83. The van der Waals surface area contributed by atoms with Gasteiger partial charge < -0.3 is 14.8 Å². The van der Waals surface area contributed by atoms with Crippen LogP contribution in [0, 0.1) is 0 Å². The van der Waals surface area contributed by atoms with Gasteiger partial charge in [0.05, 0.1) is 12.7 Å². The zero-order valence-electron chi connectivity index (χ0n) is 17.2. The molecule has 1 N–H and O–H groups in total. The second-order valence-corrected chi connectivity index (χ2v) is 7.22. The van der Waals surface area contributed by atoms with Crippen LogP contribution in [0.2, 0.25) is 0 Å². The highest BCUT2D eigenvalue weighted by atomic mass is 16.5. The number of benzene rings is 3. The topological polar surface area (TPSA) is 64.6 Å². The Morgan fingerprint density at radius 2 is 1.52 bits per heavy atom. The number of rotatable bonds is 6. The van der Waals surface area contributed by atoms with Crippen molar-refractivity contribution in [3.05, 3.63) is 101 Å². The number of alkyl carbamates (subject to hydrolysis) is 1. The second kappa shape index (κ2) is 9.30. The minimum Gasteiger partial charge on any atom is -0.465 e. The maximum absolute atomic E-state index is 12.2. The van der Waals surface area contributed by atoms with Crippen LogP contribution in [0.3, 0.4) is 0 Å². The lowest BCUT2D eigenvalue weighted by atomic mass is 9.98. The first-order valence-corrected chi connectivity index (χ1v) is 10.1. The molecule has 0 saturated heterocycles. The van der Waals surface area contributed by atoms with Gasteiger partial charge in [-0.3, -0.25) is 0 Å². The highest BCUT2D eigenvalue weighted by Gasteiger charge is 2.28. The average molecular weight is 413 g/mol. The van der Waals surface area contributed by atoms with E-state index in [-0.39, 0.29) is 11.9 Å². The fourth-order valence-electron chi connectivity index (χ4n) is 3.83. The Kier molecular flexibility index (Phi) is 6.13. The summed E-state index contributed by atoms with van der Waals surface area (Å²) in [5, 5.41) is 2.74. The van der Waals surface area contributed by atoms with Crippen molar-refractivity contribution in [1.82, 2.24) is 5.32 Å². The smallest absolute Gasteiger partial charge is 0.407 e. The van der Waals surface area contributed by atoms with Gasteiger partial charge in [0.15, 0.2) is 0 Å². The summed E-state index contributed by atoms with van der Waals surface area (Å²) in [5.41, 5.74) is 6.19. The molecule has 0 radical (unpaired) electrons. The maximum Gasteiger partial charge on any atom is 0.407 e. The van der Waals surface area contributed by atoms with Gasteiger partial charge in [-0.25, -0.2) is 9.59 Å². The second-order valence-electron chi connectivity index (χ2n) is 7.22. The van der Waals surface area contributed by atoms with Crippen molar-refractivity contribution in [2.45, 2.75) is 5.92 Å². The van der Waals surface area contributed by atoms with Gasteiger partial charge in [0.1, 0.15) is 6.61 Å². The van der Waals surface area contributed by atoms with E-state index in [1.165, 1.54) is 29.4 Å². The summed E-state index contributed by atoms with van der Waals surface area (Å²) in [6.07, 6.45) is 3.24. The van der Waals surface area contributed by atoms with E-state index in [0.717, 1.165) is 5.56 Å². The van der Waals surface area contributed by atoms with Gasteiger partial charge in [-0.05, 0) is 39.9 Å². The molecule has 4 rings (SSSR count). The van der Waals surface area contributed by atoms with E-state index in [9.17, 15) is 9.59 Å². The Morgan fingerprint density at radius 1 is 0.903 bits per heavy atom. The van der Waals surface area contributed by atoms with Crippen LogP contribution in [0.25, 0.3) is 17.2 Å². The molecule has 0 aromatic heterocycles. The molecule has 0 aliphatic heterocycles. The number of hydrogen-bond acceptors (Lipinski definition) is 4. The van der Waals surface area contributed by atoms with Crippen LogP contribution in [0.15, 0.2) is 78.9 Å². The summed E-state index contributed by atoms with van der Waals surface area (Å²) in [6, 6.07) is 23.5. The summed E-state index contributed by atoms with van der Waals surface area (Å²) >= 11 is 0. The molecule has 3 aromatic rings. The molecule has 0 heterocycles. The van der Waals surface area contributed by atoms with E-state index in [4.69, 9.17) is 4.74 Å². The third-order valence-electron chi connectivity index (χ3n) is 5.35. The first kappa shape index (κ1) is 20.4. The number of carbonyl (C=O) groups excluding carboxylic acids is 2. The third-order valence-corrected chi connectivity index (χ3v) is 5.35. The van der Waals surface area contributed by atoms with E-state index in [1.807, 2.05) is 48.6 Å². The Bertz CT molecular complexity index is 1070. The van der Waals surface area contributed by atoms with Crippen LogP contribution in [-0.4, -0.2) is 32.3 Å². The van der Waals surface area contributed by atoms with Gasteiger partial charge >= 0.3 is 12.1 Å². The lowest BCUT2D eigenvalue weighted by molar-refractivity contribution is 0.0600. The Morgan fingerprint density at radius 3 is 2.13 bits per heavy atom. The van der Waals surface area contributed by atoms with E-state index in [2.05, 4.69) is 34.3 Å². The molecule has 5 heteroatoms. The number of carbonyl (C=O) groups is 2. The first-order valence-electron chi connectivity index (χ1n) is 10.1. The predicted octanol–water partition coefficient (Wildman–Crippen LogP) is 5.03. The van der Waals surface area contributed by atoms with Crippen molar-refractivity contribution in [2.24, 2.45) is 0 Å². The van der Waals surface area contributed by atoms with Crippen molar-refractivity contribution >= 4 is 18.1 Å². The molecule has 1 amide bonds. The van der Waals surface area contributed by atoms with Crippen molar-refractivity contribution in [1.29, 1.82) is 0 Å². The number of hydrogen-bond donors (Lipinski definition) is 1. The lowest BCUT2D eigenvalue weighted by Gasteiger charge is -2.14. The molecule has 1 aliphatic carbocycles. The highest BCUT2D eigenvalue weighted by molar-refractivity contribution is 5.89. The molecule has 0 unspecified atom stereocenters. The molecule has 156 valence electrons. The van der Waals surface area contributed by atoms with Gasteiger partial charge in [-0.2, -0.15) is 0 Å². The van der Waals surface area contributed by atoms with Crippen molar-refractivity contribution < 1.29 is 19.1 Å². The molecule has 0 saturated carbocycles. The molecule has 0 bridgehead atoms. The first-order chi connectivity index (χ1) is 15.2. The largest absolute Gasteiger partial charge is 0.465 e. The molecule has 0 spiro atoms. The van der Waals surface area contributed by atoms with Crippen molar-refractivity contribution in [3.63, 3.8) is 0 Å². The minimum absolute atomic E-state index is 0.0435. The van der Waals surface area contributed by atoms with E-state index >= 15 is 0 Å². The van der Waals surface area contributed by atoms with E-state index in [0.29, 0.717) is 18.7 Å². The standard InChI is InChI=1S/C26H23NO4/c1-30-25(28)19-14-12-18(13-15-19)7-6-16-27-26(29)31-17-24-22-10-4-2-8-20(22)21-9-3-5-11-23(21)24/h2-15,24H,16-17H2,1H3,(H,27,29). The number of nitrogens with one attached hydrogen (secondary N) is 1. The number of fused-ring (bicyclic) bond motifs is 3. The Balaban J connectivity index is 1.29. The quantitative estimate of drug-likeness (QED) is 0.576. The van der Waals surface area contributed by atoms with Crippen LogP contribution >= 0.6 is 0 Å². The number of amides is 1. The third kappa shape index (κ3) is 4.51. The van der Waals surface area contributed by atoms with Crippen LogP contribution in [0.4, 0.5) is 4.79 Å². The van der Waals surface area contributed by atoms with Gasteiger partial charge in [0.2, 0.25) is 0 Å². The van der Waals surface area contributed by atoms with Crippen LogP contribution in [-0.2, 0) is 9.47 Å². The van der Waals surface area contributed by atoms with E-state index in [1.54, 1.807) is 12.1 Å². The van der Waals surface area contributed by atoms with Crippen molar-refractivity contribution in [2.75, 3.05) is 20.3 Å². The zero-order valence-corrected chi connectivity index (χ0v) is 17.2. The zero-order chi connectivity index (χ0) is 21.6. The summed E-state index contributed by atoms with van der Waals surface area (Å²) in [7, 11) is 1.35. The normalized spacial score (nSPS) is 12.3. The number of esters is 1. The minimum atomic E-state index is -0.451. The molecular weight excluding hydrogens is 390 g/mol. The fraction of sp³-hybridized carbons (Fsp3) is 0.154. The SMILES string of the molecule is COC(=O)c1ccc(C=CCNC(=O)OCC2c3ccccc3-c3ccccc32)cc1. The molecular formula is C26H23NO4. The molecule has 0 fully saturated rings. The van der Waals surface area contributed by atoms with Gasteiger partial charge in [0.25, 0.3) is 0 Å². The Labute approximate surface area is 181 Å². The molecule has 0 atom stereocenters. The maximum atomic E-state index is 12.2. The molecule has 3 aromatic carbocycles. The van der Waals surface area contributed by atoms with Gasteiger partial charge in [-0.15, -0.1) is 0 Å². The van der Waals surface area contributed by atoms with Crippen LogP contribution in [0.5, 0.6) is 0 Å². The van der Waals surface area contributed by atoms with E-state index < -0.39 is 6.09 Å². The lowest BCUT2D eigenvalue weighted by Crippen LogP contribution is -2.26. The predicted molar refractivity (Wildman–Crippen MR) is 120 cm³/mol. The summed E-state index contributed by atoms with van der Waals surface area (Å²) in [6.45, 7) is 0.633. The molecule has 1 aliphatic rings. The molecule has 5 nitrogen and oxygen atoms in total. The van der Waals surface area contributed by atoms with Gasteiger partial charge in [-0.1, -0.05) is 72.8 Å². The van der Waals surface area contributed by atoms with Crippen LogP contribution in [0.1, 0.15) is 33.0 Å².